The second-order valence-electron chi connectivity index (χ2n) is 6.30. The van der Waals surface area contributed by atoms with Gasteiger partial charge in [0.2, 0.25) is 5.91 Å². The van der Waals surface area contributed by atoms with Gasteiger partial charge in [-0.1, -0.05) is 36.4 Å². The number of hydrogen-bond donors (Lipinski definition) is 0. The molecule has 2 heterocycles. The van der Waals surface area contributed by atoms with E-state index in [0.717, 1.165) is 22.6 Å². The minimum Gasteiger partial charge on any atom is -0.306 e. The van der Waals surface area contributed by atoms with Gasteiger partial charge >= 0.3 is 0 Å². The molecule has 0 saturated carbocycles. The second kappa shape index (κ2) is 7.41. The number of carbonyl (C=O) groups excluding carboxylic acids is 1. The first-order valence-corrected chi connectivity index (χ1v) is 8.71. The molecule has 0 fully saturated rings. The normalized spacial score (nSPS) is 10.9. The van der Waals surface area contributed by atoms with Gasteiger partial charge in [0.1, 0.15) is 11.5 Å². The molecule has 0 saturated heterocycles. The molecule has 0 atom stereocenters. The number of fused-ring (bicyclic) bond motifs is 1. The van der Waals surface area contributed by atoms with Crippen molar-refractivity contribution in [2.24, 2.45) is 0 Å². The lowest BCUT2D eigenvalue weighted by Gasteiger charge is -2.23. The van der Waals surface area contributed by atoms with Crippen LogP contribution in [-0.4, -0.2) is 15.3 Å². The maximum absolute atomic E-state index is 13.1. The van der Waals surface area contributed by atoms with Crippen LogP contribution in [0.4, 0.5) is 10.1 Å². The Balaban J connectivity index is 1.64. The summed E-state index contributed by atoms with van der Waals surface area (Å²) >= 11 is 0. The topological polar surface area (TPSA) is 37.6 Å². The Hall–Kier alpha value is -3.47. The van der Waals surface area contributed by atoms with Gasteiger partial charge in [-0.2, -0.15) is 0 Å². The Kier molecular flexibility index (Phi) is 4.66. The number of carbonyl (C=O) groups is 1. The number of hydrogen-bond acceptors (Lipinski definition) is 2. The van der Waals surface area contributed by atoms with Crippen molar-refractivity contribution in [3.05, 3.63) is 102 Å². The molecular weight excluding hydrogens is 341 g/mol. The molecule has 0 radical (unpaired) electrons. The molecule has 0 spiro atoms. The average Bonchev–Trinajstić information content (AvgIpc) is 3.11. The quantitative estimate of drug-likeness (QED) is 0.534. The summed E-state index contributed by atoms with van der Waals surface area (Å²) in [5.74, 6) is -0.365. The van der Waals surface area contributed by atoms with Crippen molar-refractivity contribution in [1.29, 1.82) is 0 Å². The van der Waals surface area contributed by atoms with E-state index in [0.29, 0.717) is 6.54 Å². The number of halogens is 1. The largest absolute Gasteiger partial charge is 0.306 e. The Labute approximate surface area is 156 Å². The van der Waals surface area contributed by atoms with Crippen molar-refractivity contribution in [3.8, 4) is 0 Å². The molecule has 0 N–H and O–H groups in total. The standard InChI is InChI=1S/C22H18FN3O/c23-18-11-9-17(10-12-18)14-22(27)26(19-6-2-1-3-7-19)16-20-15-24-21-8-4-5-13-25(20)21/h1-13,15H,14,16H2. The van der Waals surface area contributed by atoms with Crippen LogP contribution in [0.3, 0.4) is 0 Å². The first-order valence-electron chi connectivity index (χ1n) is 8.71. The average molecular weight is 359 g/mol. The van der Waals surface area contributed by atoms with Gasteiger partial charge in [0.05, 0.1) is 24.9 Å². The number of anilines is 1. The van der Waals surface area contributed by atoms with E-state index in [9.17, 15) is 9.18 Å². The van der Waals surface area contributed by atoms with Gasteiger partial charge in [0.25, 0.3) is 0 Å². The van der Waals surface area contributed by atoms with Gasteiger partial charge in [-0.15, -0.1) is 0 Å². The fourth-order valence-corrected chi connectivity index (χ4v) is 3.07. The summed E-state index contributed by atoms with van der Waals surface area (Å²) in [4.78, 5) is 19.2. The molecule has 134 valence electrons. The number of benzene rings is 2. The molecule has 27 heavy (non-hydrogen) atoms. The number of para-hydroxylation sites is 1. The highest BCUT2D eigenvalue weighted by Gasteiger charge is 2.18. The van der Waals surface area contributed by atoms with Gasteiger partial charge in [0.15, 0.2) is 0 Å². The summed E-state index contributed by atoms with van der Waals surface area (Å²) in [7, 11) is 0. The molecule has 0 bridgehead atoms. The zero-order valence-electron chi connectivity index (χ0n) is 14.6. The van der Waals surface area contributed by atoms with E-state index in [1.807, 2.05) is 59.1 Å². The highest BCUT2D eigenvalue weighted by Crippen LogP contribution is 2.19. The first-order chi connectivity index (χ1) is 13.2. The van der Waals surface area contributed by atoms with Crippen LogP contribution in [0.25, 0.3) is 5.65 Å². The van der Waals surface area contributed by atoms with Crippen LogP contribution in [0.2, 0.25) is 0 Å². The highest BCUT2D eigenvalue weighted by atomic mass is 19.1. The maximum Gasteiger partial charge on any atom is 0.231 e. The Morgan fingerprint density at radius 3 is 2.48 bits per heavy atom. The van der Waals surface area contributed by atoms with Crippen LogP contribution < -0.4 is 4.90 Å². The van der Waals surface area contributed by atoms with Gasteiger partial charge in [-0.05, 0) is 42.0 Å². The summed E-state index contributed by atoms with van der Waals surface area (Å²) in [6.45, 7) is 0.398. The smallest absolute Gasteiger partial charge is 0.231 e. The maximum atomic E-state index is 13.1. The fraction of sp³-hybridized carbons (Fsp3) is 0.0909. The number of imidazole rings is 1. The molecule has 0 aliphatic heterocycles. The number of amides is 1. The van der Waals surface area contributed by atoms with Crippen molar-refractivity contribution < 1.29 is 9.18 Å². The summed E-state index contributed by atoms with van der Waals surface area (Å²) in [6.07, 6.45) is 3.92. The van der Waals surface area contributed by atoms with E-state index >= 15 is 0 Å². The molecule has 0 aliphatic carbocycles. The van der Waals surface area contributed by atoms with Crippen LogP contribution in [0.1, 0.15) is 11.3 Å². The van der Waals surface area contributed by atoms with Crippen LogP contribution in [0.5, 0.6) is 0 Å². The summed E-state index contributed by atoms with van der Waals surface area (Å²) in [6, 6.07) is 21.4. The lowest BCUT2D eigenvalue weighted by atomic mass is 10.1. The molecule has 2 aromatic carbocycles. The van der Waals surface area contributed by atoms with Crippen LogP contribution >= 0.6 is 0 Å². The second-order valence-corrected chi connectivity index (χ2v) is 6.30. The molecular formula is C22H18FN3O. The molecule has 4 aromatic rings. The predicted molar refractivity (Wildman–Crippen MR) is 103 cm³/mol. The van der Waals surface area contributed by atoms with Gasteiger partial charge in [-0.3, -0.25) is 4.79 Å². The fourth-order valence-electron chi connectivity index (χ4n) is 3.07. The third-order valence-electron chi connectivity index (χ3n) is 4.45. The molecule has 4 nitrogen and oxygen atoms in total. The van der Waals surface area contributed by atoms with E-state index in [-0.39, 0.29) is 18.1 Å². The highest BCUT2D eigenvalue weighted by molar-refractivity contribution is 5.94. The molecule has 0 aliphatic rings. The molecule has 4 rings (SSSR count). The molecule has 2 aromatic heterocycles. The van der Waals surface area contributed by atoms with E-state index in [1.54, 1.807) is 23.2 Å². The first kappa shape index (κ1) is 17.0. The molecule has 1 amide bonds. The zero-order valence-corrected chi connectivity index (χ0v) is 14.6. The third-order valence-corrected chi connectivity index (χ3v) is 4.45. The number of rotatable bonds is 5. The number of nitrogens with zero attached hydrogens (tertiary/aromatic N) is 3. The van der Waals surface area contributed by atoms with Crippen LogP contribution in [0, 0.1) is 5.82 Å². The van der Waals surface area contributed by atoms with Gasteiger partial charge < -0.3 is 9.30 Å². The summed E-state index contributed by atoms with van der Waals surface area (Å²) in [5, 5.41) is 0. The van der Waals surface area contributed by atoms with Crippen molar-refractivity contribution in [2.45, 2.75) is 13.0 Å². The van der Waals surface area contributed by atoms with E-state index in [1.165, 1.54) is 12.1 Å². The third kappa shape index (κ3) is 3.72. The Morgan fingerprint density at radius 1 is 0.963 bits per heavy atom. The molecule has 0 unspecified atom stereocenters. The van der Waals surface area contributed by atoms with Crippen molar-refractivity contribution >= 4 is 17.2 Å². The zero-order chi connectivity index (χ0) is 18.6. The monoisotopic (exact) mass is 359 g/mol. The van der Waals surface area contributed by atoms with Crippen molar-refractivity contribution in [1.82, 2.24) is 9.38 Å². The SMILES string of the molecule is O=C(Cc1ccc(F)cc1)N(Cc1cnc2ccccn12)c1ccccc1. The number of aromatic nitrogens is 2. The Morgan fingerprint density at radius 2 is 1.70 bits per heavy atom. The predicted octanol–water partition coefficient (Wildman–Crippen LogP) is 4.25. The minimum absolute atomic E-state index is 0.0568. The molecule has 5 heteroatoms. The lowest BCUT2D eigenvalue weighted by Crippen LogP contribution is -2.32. The summed E-state index contributed by atoms with van der Waals surface area (Å²) < 4.78 is 15.1. The van der Waals surface area contributed by atoms with Crippen LogP contribution in [0.15, 0.2) is 85.2 Å². The van der Waals surface area contributed by atoms with E-state index < -0.39 is 0 Å². The van der Waals surface area contributed by atoms with Crippen molar-refractivity contribution in [2.75, 3.05) is 4.90 Å². The van der Waals surface area contributed by atoms with E-state index in [2.05, 4.69) is 4.98 Å². The summed E-state index contributed by atoms with van der Waals surface area (Å²) in [5.41, 5.74) is 3.35. The Bertz CT molecular complexity index is 1060. The van der Waals surface area contributed by atoms with Gasteiger partial charge in [-0.25, -0.2) is 9.37 Å². The van der Waals surface area contributed by atoms with Crippen molar-refractivity contribution in [3.63, 3.8) is 0 Å². The van der Waals surface area contributed by atoms with Gasteiger partial charge in [0, 0.05) is 11.9 Å². The van der Waals surface area contributed by atoms with Crippen LogP contribution in [-0.2, 0) is 17.8 Å². The number of pyridine rings is 1. The minimum atomic E-state index is -0.308. The van der Waals surface area contributed by atoms with E-state index in [4.69, 9.17) is 0 Å². The lowest BCUT2D eigenvalue weighted by molar-refractivity contribution is -0.118.